The Kier molecular flexibility index (Phi) is 2.13. The smallest absolute Gasteiger partial charge is 0.108 e. The molecule has 2 rings (SSSR count). The van der Waals surface area contributed by atoms with Crippen LogP contribution in [-0.2, 0) is 6.54 Å². The Balaban J connectivity index is 2.15. The number of nitrogens with zero attached hydrogens (tertiary/aromatic N) is 2. The first-order valence-electron chi connectivity index (χ1n) is 4.28. The van der Waals surface area contributed by atoms with Gasteiger partial charge in [0, 0.05) is 12.7 Å². The van der Waals surface area contributed by atoms with Crippen molar-refractivity contribution in [2.75, 3.05) is 0 Å². The molecular formula is C11H11N2. The summed E-state index contributed by atoms with van der Waals surface area (Å²) in [5.41, 5.74) is 2.58. The van der Waals surface area contributed by atoms with Crippen LogP contribution in [0.3, 0.4) is 0 Å². The van der Waals surface area contributed by atoms with Gasteiger partial charge in [0.2, 0.25) is 0 Å². The van der Waals surface area contributed by atoms with Crippen LogP contribution in [0, 0.1) is 13.1 Å². The second-order valence-corrected chi connectivity index (χ2v) is 3.16. The van der Waals surface area contributed by atoms with Crippen molar-refractivity contribution in [1.29, 1.82) is 0 Å². The van der Waals surface area contributed by atoms with Gasteiger partial charge in [0.05, 0.1) is 6.33 Å². The number of rotatable bonds is 2. The molecule has 0 aliphatic heterocycles. The van der Waals surface area contributed by atoms with Crippen molar-refractivity contribution in [1.82, 2.24) is 9.55 Å². The Bertz CT molecular complexity index is 359. The molecule has 1 aromatic heterocycles. The Morgan fingerprint density at radius 2 is 2.08 bits per heavy atom. The average molecular weight is 171 g/mol. The standard InChI is InChI=1S/C11H11N2/c1-10-2-4-11(5-3-10)8-13-7-6-12-9-13/h2-5,7,9H,8H2,1H3. The van der Waals surface area contributed by atoms with Crippen LogP contribution in [0.1, 0.15) is 11.1 Å². The van der Waals surface area contributed by atoms with Crippen molar-refractivity contribution in [2.24, 2.45) is 0 Å². The first-order chi connectivity index (χ1) is 6.34. The molecule has 1 radical (unpaired) electrons. The van der Waals surface area contributed by atoms with Crippen molar-refractivity contribution in [3.8, 4) is 0 Å². The summed E-state index contributed by atoms with van der Waals surface area (Å²) in [6, 6.07) is 8.51. The summed E-state index contributed by atoms with van der Waals surface area (Å²) < 4.78 is 2.00. The minimum absolute atomic E-state index is 0.872. The molecule has 13 heavy (non-hydrogen) atoms. The van der Waals surface area contributed by atoms with Crippen molar-refractivity contribution < 1.29 is 0 Å². The zero-order valence-corrected chi connectivity index (χ0v) is 7.57. The van der Waals surface area contributed by atoms with Gasteiger partial charge < -0.3 is 4.57 Å². The summed E-state index contributed by atoms with van der Waals surface area (Å²) in [5.74, 6) is 0. The Morgan fingerprint density at radius 1 is 1.31 bits per heavy atom. The van der Waals surface area contributed by atoms with Crippen LogP contribution in [0.15, 0.2) is 36.8 Å². The van der Waals surface area contributed by atoms with Gasteiger partial charge in [-0.3, -0.25) is 0 Å². The molecule has 0 saturated heterocycles. The van der Waals surface area contributed by atoms with E-state index < -0.39 is 0 Å². The predicted molar refractivity (Wildman–Crippen MR) is 51.3 cm³/mol. The monoisotopic (exact) mass is 171 g/mol. The Morgan fingerprint density at radius 3 is 2.69 bits per heavy atom. The lowest BCUT2D eigenvalue weighted by Gasteiger charge is -2.02. The van der Waals surface area contributed by atoms with Gasteiger partial charge in [0.1, 0.15) is 6.20 Å². The van der Waals surface area contributed by atoms with Crippen LogP contribution in [0.4, 0.5) is 0 Å². The second-order valence-electron chi connectivity index (χ2n) is 3.16. The summed E-state index contributed by atoms with van der Waals surface area (Å²) in [4.78, 5) is 3.87. The van der Waals surface area contributed by atoms with Gasteiger partial charge >= 0.3 is 0 Å². The van der Waals surface area contributed by atoms with E-state index in [1.807, 2.05) is 10.8 Å². The molecule has 0 N–H and O–H groups in total. The molecule has 0 spiro atoms. The maximum absolute atomic E-state index is 3.87. The fourth-order valence-electron chi connectivity index (χ4n) is 1.24. The number of hydrogen-bond donors (Lipinski definition) is 0. The Hall–Kier alpha value is -1.57. The molecule has 0 atom stereocenters. The molecule has 1 heterocycles. The highest BCUT2D eigenvalue weighted by molar-refractivity contribution is 5.21. The van der Waals surface area contributed by atoms with E-state index in [4.69, 9.17) is 0 Å². The molecular weight excluding hydrogens is 160 g/mol. The molecule has 0 unspecified atom stereocenters. The Labute approximate surface area is 77.9 Å². The number of benzene rings is 1. The fraction of sp³-hybridized carbons (Fsp3) is 0.182. The zero-order valence-electron chi connectivity index (χ0n) is 7.57. The lowest BCUT2D eigenvalue weighted by atomic mass is 10.1. The van der Waals surface area contributed by atoms with Crippen molar-refractivity contribution in [3.63, 3.8) is 0 Å². The third-order valence-corrected chi connectivity index (χ3v) is 1.99. The predicted octanol–water partition coefficient (Wildman–Crippen LogP) is 2.04. The van der Waals surface area contributed by atoms with E-state index in [0.717, 1.165) is 6.54 Å². The lowest BCUT2D eigenvalue weighted by molar-refractivity contribution is 0.797. The first kappa shape index (κ1) is 8.05. The van der Waals surface area contributed by atoms with Gasteiger partial charge in [-0.2, -0.15) is 0 Å². The fourth-order valence-corrected chi connectivity index (χ4v) is 1.24. The topological polar surface area (TPSA) is 17.8 Å². The molecule has 0 amide bonds. The SMILES string of the molecule is Cc1ccc(Cn2c[c]nc2)cc1. The van der Waals surface area contributed by atoms with Crippen molar-refractivity contribution in [2.45, 2.75) is 13.5 Å². The first-order valence-corrected chi connectivity index (χ1v) is 4.28. The number of aromatic nitrogens is 2. The lowest BCUT2D eigenvalue weighted by Crippen LogP contribution is -1.95. The van der Waals surface area contributed by atoms with Crippen LogP contribution in [0.2, 0.25) is 0 Å². The molecule has 65 valence electrons. The molecule has 2 aromatic rings. The van der Waals surface area contributed by atoms with Crippen molar-refractivity contribution >= 4 is 0 Å². The molecule has 0 saturated carbocycles. The van der Waals surface area contributed by atoms with E-state index in [2.05, 4.69) is 42.4 Å². The molecule has 0 aliphatic rings. The van der Waals surface area contributed by atoms with Crippen LogP contribution in [-0.4, -0.2) is 9.55 Å². The quantitative estimate of drug-likeness (QED) is 0.676. The van der Waals surface area contributed by atoms with E-state index in [1.165, 1.54) is 11.1 Å². The summed E-state index contributed by atoms with van der Waals surface area (Å²) in [6.45, 7) is 2.96. The minimum atomic E-state index is 0.872. The molecule has 0 bridgehead atoms. The molecule has 2 nitrogen and oxygen atoms in total. The highest BCUT2D eigenvalue weighted by atomic mass is 15.0. The average Bonchev–Trinajstić information content (AvgIpc) is 2.62. The summed E-state index contributed by atoms with van der Waals surface area (Å²) in [6.07, 6.45) is 6.40. The van der Waals surface area contributed by atoms with Gasteiger partial charge in [0.25, 0.3) is 0 Å². The summed E-state index contributed by atoms with van der Waals surface area (Å²) in [7, 11) is 0. The van der Waals surface area contributed by atoms with Crippen LogP contribution >= 0.6 is 0 Å². The summed E-state index contributed by atoms with van der Waals surface area (Å²) >= 11 is 0. The zero-order chi connectivity index (χ0) is 9.10. The maximum atomic E-state index is 3.87. The second kappa shape index (κ2) is 3.44. The minimum Gasteiger partial charge on any atom is -0.332 e. The number of aryl methyl sites for hydroxylation is 1. The van der Waals surface area contributed by atoms with Crippen molar-refractivity contribution in [3.05, 3.63) is 54.1 Å². The van der Waals surface area contributed by atoms with Gasteiger partial charge in [-0.05, 0) is 12.5 Å². The maximum Gasteiger partial charge on any atom is 0.108 e. The number of hydrogen-bond acceptors (Lipinski definition) is 1. The van der Waals surface area contributed by atoms with E-state index in [9.17, 15) is 0 Å². The molecule has 2 heteroatoms. The van der Waals surface area contributed by atoms with Crippen LogP contribution in [0.5, 0.6) is 0 Å². The summed E-state index contributed by atoms with van der Waals surface area (Å²) in [5, 5.41) is 0. The van der Waals surface area contributed by atoms with Gasteiger partial charge in [-0.15, -0.1) is 0 Å². The number of imidazole rings is 1. The normalized spacial score (nSPS) is 10.2. The molecule has 0 fully saturated rings. The van der Waals surface area contributed by atoms with E-state index >= 15 is 0 Å². The third kappa shape index (κ3) is 1.96. The van der Waals surface area contributed by atoms with Gasteiger partial charge in [0.15, 0.2) is 0 Å². The van der Waals surface area contributed by atoms with E-state index in [0.29, 0.717) is 0 Å². The van der Waals surface area contributed by atoms with E-state index in [-0.39, 0.29) is 0 Å². The highest BCUT2D eigenvalue weighted by Crippen LogP contribution is 2.04. The van der Waals surface area contributed by atoms with Gasteiger partial charge in [-0.25, -0.2) is 4.98 Å². The van der Waals surface area contributed by atoms with Gasteiger partial charge in [-0.1, -0.05) is 29.8 Å². The third-order valence-electron chi connectivity index (χ3n) is 1.99. The van der Waals surface area contributed by atoms with Crippen LogP contribution < -0.4 is 0 Å². The van der Waals surface area contributed by atoms with Crippen LogP contribution in [0.25, 0.3) is 0 Å². The largest absolute Gasteiger partial charge is 0.332 e. The molecule has 1 aromatic carbocycles. The molecule has 0 aliphatic carbocycles. The van der Waals surface area contributed by atoms with E-state index in [1.54, 1.807) is 6.33 Å². The highest BCUT2D eigenvalue weighted by Gasteiger charge is 1.93.